The van der Waals surface area contributed by atoms with Crippen LogP contribution in [0.2, 0.25) is 0 Å². The number of carbonyl (C=O) groups is 2. The van der Waals surface area contributed by atoms with Crippen molar-refractivity contribution in [3.8, 4) is 11.5 Å². The van der Waals surface area contributed by atoms with Crippen molar-refractivity contribution >= 4 is 11.8 Å². The minimum absolute atomic E-state index is 0.231. The Morgan fingerprint density at radius 3 is 2.28 bits per heavy atom. The van der Waals surface area contributed by atoms with Crippen LogP contribution in [0.4, 0.5) is 13.2 Å². The Morgan fingerprint density at radius 2 is 1.62 bits per heavy atom. The van der Waals surface area contributed by atoms with E-state index >= 15 is 0 Å². The molecule has 2 aromatic rings. The number of ether oxygens (including phenoxy) is 1. The number of rotatable bonds is 5. The van der Waals surface area contributed by atoms with Gasteiger partial charge in [-0.15, -0.1) is 0 Å². The van der Waals surface area contributed by atoms with E-state index in [-0.39, 0.29) is 5.91 Å². The van der Waals surface area contributed by atoms with Gasteiger partial charge in [-0.2, -0.15) is 13.2 Å². The predicted molar refractivity (Wildman–Crippen MR) is 101 cm³/mol. The van der Waals surface area contributed by atoms with Crippen LogP contribution in [0.5, 0.6) is 11.5 Å². The number of hydrogen-bond acceptors (Lipinski definition) is 3. The van der Waals surface area contributed by atoms with Gasteiger partial charge in [0, 0.05) is 19.0 Å². The molecule has 2 aromatic carbocycles. The number of piperidine rings is 1. The molecule has 29 heavy (non-hydrogen) atoms. The summed E-state index contributed by atoms with van der Waals surface area (Å²) in [5.74, 6) is -0.355. The standard InChI is InChI=1S/C21H21F3N2O3/c22-21(23,24)14-25-19(27)15-10-12-26(13-11-15)20(28)17-8-4-5-9-18(17)29-16-6-2-1-3-7-16/h1-9,15H,10-14H2,(H,25,27). The lowest BCUT2D eigenvalue weighted by atomic mass is 9.95. The molecule has 0 saturated carbocycles. The number of nitrogens with zero attached hydrogens (tertiary/aromatic N) is 1. The molecule has 0 spiro atoms. The van der Waals surface area contributed by atoms with Crippen LogP contribution in [0.25, 0.3) is 0 Å². The zero-order valence-electron chi connectivity index (χ0n) is 15.6. The van der Waals surface area contributed by atoms with E-state index < -0.39 is 24.5 Å². The molecule has 0 radical (unpaired) electrons. The first-order valence-electron chi connectivity index (χ1n) is 9.29. The summed E-state index contributed by atoms with van der Waals surface area (Å²) in [6.07, 6.45) is -3.80. The van der Waals surface area contributed by atoms with Gasteiger partial charge in [0.1, 0.15) is 18.0 Å². The summed E-state index contributed by atoms with van der Waals surface area (Å²) < 4.78 is 42.6. The van der Waals surface area contributed by atoms with Crippen molar-refractivity contribution in [2.24, 2.45) is 5.92 Å². The molecule has 0 atom stereocenters. The van der Waals surface area contributed by atoms with E-state index in [9.17, 15) is 22.8 Å². The van der Waals surface area contributed by atoms with Crippen LogP contribution in [0.15, 0.2) is 54.6 Å². The van der Waals surface area contributed by atoms with E-state index in [0.717, 1.165) is 0 Å². The molecule has 3 rings (SSSR count). The fourth-order valence-electron chi connectivity index (χ4n) is 3.19. The number of amides is 2. The molecule has 1 saturated heterocycles. The molecule has 0 aromatic heterocycles. The Balaban J connectivity index is 1.61. The van der Waals surface area contributed by atoms with E-state index in [4.69, 9.17) is 4.74 Å². The fraction of sp³-hybridized carbons (Fsp3) is 0.333. The number of likely N-dealkylation sites (tertiary alicyclic amines) is 1. The zero-order chi connectivity index (χ0) is 20.9. The summed E-state index contributed by atoms with van der Waals surface area (Å²) in [6, 6.07) is 16.0. The van der Waals surface area contributed by atoms with Gasteiger partial charge in [-0.25, -0.2) is 0 Å². The summed E-state index contributed by atoms with van der Waals surface area (Å²) in [4.78, 5) is 26.5. The van der Waals surface area contributed by atoms with Gasteiger partial charge in [0.15, 0.2) is 0 Å². The number of alkyl halides is 3. The molecular formula is C21H21F3N2O3. The van der Waals surface area contributed by atoms with Crippen LogP contribution in [-0.2, 0) is 4.79 Å². The number of carbonyl (C=O) groups excluding carboxylic acids is 2. The minimum atomic E-state index is -4.44. The number of hydrogen-bond donors (Lipinski definition) is 1. The third kappa shape index (κ3) is 5.73. The molecule has 154 valence electrons. The number of benzene rings is 2. The Hall–Kier alpha value is -3.03. The van der Waals surface area contributed by atoms with Gasteiger partial charge in [-0.1, -0.05) is 30.3 Å². The molecule has 2 amide bonds. The highest BCUT2D eigenvalue weighted by molar-refractivity contribution is 5.97. The topological polar surface area (TPSA) is 58.6 Å². The molecule has 1 aliphatic heterocycles. The number of halogens is 3. The van der Waals surface area contributed by atoms with E-state index in [1.165, 1.54) is 0 Å². The largest absolute Gasteiger partial charge is 0.457 e. The van der Waals surface area contributed by atoms with Crippen molar-refractivity contribution < 1.29 is 27.5 Å². The molecule has 5 nitrogen and oxygen atoms in total. The molecule has 1 fully saturated rings. The van der Waals surface area contributed by atoms with Gasteiger partial charge in [0.25, 0.3) is 5.91 Å². The highest BCUT2D eigenvalue weighted by atomic mass is 19.4. The van der Waals surface area contributed by atoms with Gasteiger partial charge >= 0.3 is 6.18 Å². The SMILES string of the molecule is O=C(NCC(F)(F)F)C1CCN(C(=O)c2ccccc2Oc2ccccc2)CC1. The number of nitrogens with one attached hydrogen (secondary N) is 1. The Bertz CT molecular complexity index is 848. The first kappa shape index (κ1) is 20.7. The van der Waals surface area contributed by atoms with Crippen molar-refractivity contribution in [3.05, 3.63) is 60.2 Å². The highest BCUT2D eigenvalue weighted by Crippen LogP contribution is 2.28. The van der Waals surface area contributed by atoms with Gasteiger partial charge in [0.05, 0.1) is 5.56 Å². The zero-order valence-corrected chi connectivity index (χ0v) is 15.6. The summed E-state index contributed by atoms with van der Waals surface area (Å²) in [7, 11) is 0. The molecule has 1 aliphatic rings. The third-order valence-electron chi connectivity index (χ3n) is 4.70. The minimum Gasteiger partial charge on any atom is -0.457 e. The van der Waals surface area contributed by atoms with E-state index in [0.29, 0.717) is 43.0 Å². The molecule has 8 heteroatoms. The Kier molecular flexibility index (Phi) is 6.41. The third-order valence-corrected chi connectivity index (χ3v) is 4.70. The maximum Gasteiger partial charge on any atom is 0.405 e. The van der Waals surface area contributed by atoms with E-state index in [1.807, 2.05) is 23.5 Å². The van der Waals surface area contributed by atoms with Gasteiger partial charge < -0.3 is 15.0 Å². The fourth-order valence-corrected chi connectivity index (χ4v) is 3.19. The van der Waals surface area contributed by atoms with Crippen molar-refractivity contribution in [1.29, 1.82) is 0 Å². The highest BCUT2D eigenvalue weighted by Gasteiger charge is 2.32. The van der Waals surface area contributed by atoms with Crippen LogP contribution in [0.3, 0.4) is 0 Å². The molecule has 0 aliphatic carbocycles. The smallest absolute Gasteiger partial charge is 0.405 e. The molecule has 1 heterocycles. The lowest BCUT2D eigenvalue weighted by Crippen LogP contribution is -2.44. The van der Waals surface area contributed by atoms with Gasteiger partial charge in [0.2, 0.25) is 5.91 Å². The number of para-hydroxylation sites is 2. The van der Waals surface area contributed by atoms with Gasteiger partial charge in [-0.3, -0.25) is 9.59 Å². The maximum atomic E-state index is 12.9. The Labute approximate surface area is 166 Å². The van der Waals surface area contributed by atoms with Crippen molar-refractivity contribution in [2.75, 3.05) is 19.6 Å². The van der Waals surface area contributed by atoms with Crippen LogP contribution >= 0.6 is 0 Å². The summed E-state index contributed by atoms with van der Waals surface area (Å²) in [6.45, 7) is -0.750. The van der Waals surface area contributed by atoms with Crippen LogP contribution in [-0.4, -0.2) is 42.5 Å². The van der Waals surface area contributed by atoms with Crippen molar-refractivity contribution in [2.45, 2.75) is 19.0 Å². The monoisotopic (exact) mass is 406 g/mol. The van der Waals surface area contributed by atoms with E-state index in [1.54, 1.807) is 41.3 Å². The molecule has 0 bridgehead atoms. The average Bonchev–Trinajstić information content (AvgIpc) is 2.72. The maximum absolute atomic E-state index is 12.9. The van der Waals surface area contributed by atoms with Crippen molar-refractivity contribution in [1.82, 2.24) is 10.2 Å². The van der Waals surface area contributed by atoms with Crippen LogP contribution in [0, 0.1) is 5.92 Å². The van der Waals surface area contributed by atoms with Gasteiger partial charge in [-0.05, 0) is 37.1 Å². The van der Waals surface area contributed by atoms with Crippen LogP contribution < -0.4 is 10.1 Å². The molecule has 0 unspecified atom stereocenters. The second kappa shape index (κ2) is 8.98. The van der Waals surface area contributed by atoms with Crippen LogP contribution in [0.1, 0.15) is 23.2 Å². The Morgan fingerprint density at radius 1 is 1.00 bits per heavy atom. The first-order valence-corrected chi connectivity index (χ1v) is 9.29. The summed E-state index contributed by atoms with van der Waals surface area (Å²) >= 11 is 0. The quantitative estimate of drug-likeness (QED) is 0.816. The second-order valence-electron chi connectivity index (χ2n) is 6.81. The van der Waals surface area contributed by atoms with Crippen molar-refractivity contribution in [3.63, 3.8) is 0 Å². The predicted octanol–water partition coefficient (Wildman–Crippen LogP) is 4.01. The van der Waals surface area contributed by atoms with E-state index in [2.05, 4.69) is 0 Å². The molecular weight excluding hydrogens is 385 g/mol. The normalized spacial score (nSPS) is 15.1. The lowest BCUT2D eigenvalue weighted by Gasteiger charge is -2.31. The summed E-state index contributed by atoms with van der Waals surface area (Å²) in [5, 5.41) is 1.92. The average molecular weight is 406 g/mol. The molecule has 1 N–H and O–H groups in total. The first-order chi connectivity index (χ1) is 13.8. The lowest BCUT2D eigenvalue weighted by molar-refractivity contribution is -0.141. The second-order valence-corrected chi connectivity index (χ2v) is 6.81. The summed E-state index contributed by atoms with van der Waals surface area (Å²) in [5.41, 5.74) is 0.399.